The van der Waals surface area contributed by atoms with Crippen molar-refractivity contribution in [3.05, 3.63) is 0 Å². The molecule has 1 amide bonds. The van der Waals surface area contributed by atoms with Crippen molar-refractivity contribution in [2.24, 2.45) is 5.92 Å². The lowest BCUT2D eigenvalue weighted by Gasteiger charge is -2.37. The standard InChI is InChI=1S/C12H22N2O.ClH/c1-9-7-14(8-10(2)13-9)12(15)11-5-3-4-6-11;/h9-11,13H,3-8H2,1-2H3;1H. The molecule has 2 unspecified atom stereocenters. The smallest absolute Gasteiger partial charge is 0.225 e. The largest absolute Gasteiger partial charge is 0.339 e. The van der Waals surface area contributed by atoms with Gasteiger partial charge in [-0.3, -0.25) is 4.79 Å². The average molecular weight is 247 g/mol. The van der Waals surface area contributed by atoms with E-state index in [1.807, 2.05) is 0 Å². The molecule has 94 valence electrons. The van der Waals surface area contributed by atoms with Crippen LogP contribution in [0.1, 0.15) is 39.5 Å². The molecule has 2 atom stereocenters. The second kappa shape index (κ2) is 5.87. The molecule has 0 aromatic heterocycles. The van der Waals surface area contributed by atoms with Gasteiger partial charge in [0.1, 0.15) is 0 Å². The lowest BCUT2D eigenvalue weighted by molar-refractivity contribution is -0.137. The highest BCUT2D eigenvalue weighted by atomic mass is 35.5. The summed E-state index contributed by atoms with van der Waals surface area (Å²) in [4.78, 5) is 14.3. The van der Waals surface area contributed by atoms with Gasteiger partial charge in [0, 0.05) is 31.1 Å². The van der Waals surface area contributed by atoms with E-state index in [1.165, 1.54) is 12.8 Å². The monoisotopic (exact) mass is 246 g/mol. The second-order valence-corrected chi connectivity index (χ2v) is 5.19. The second-order valence-electron chi connectivity index (χ2n) is 5.19. The Bertz CT molecular complexity index is 231. The van der Waals surface area contributed by atoms with Crippen LogP contribution in [0, 0.1) is 5.92 Å². The van der Waals surface area contributed by atoms with Crippen molar-refractivity contribution in [1.82, 2.24) is 10.2 Å². The third-order valence-corrected chi connectivity index (χ3v) is 3.57. The van der Waals surface area contributed by atoms with Crippen LogP contribution in [-0.2, 0) is 4.79 Å². The van der Waals surface area contributed by atoms with Gasteiger partial charge < -0.3 is 10.2 Å². The fraction of sp³-hybridized carbons (Fsp3) is 0.917. The van der Waals surface area contributed by atoms with Gasteiger partial charge in [-0.15, -0.1) is 12.4 Å². The molecule has 0 aromatic carbocycles. The molecule has 0 spiro atoms. The zero-order valence-corrected chi connectivity index (χ0v) is 11.1. The third-order valence-electron chi connectivity index (χ3n) is 3.57. The Morgan fingerprint density at radius 1 is 1.12 bits per heavy atom. The summed E-state index contributed by atoms with van der Waals surface area (Å²) >= 11 is 0. The van der Waals surface area contributed by atoms with Crippen LogP contribution < -0.4 is 5.32 Å². The Morgan fingerprint density at radius 2 is 1.62 bits per heavy atom. The fourth-order valence-corrected chi connectivity index (χ4v) is 2.94. The third kappa shape index (κ3) is 3.11. The van der Waals surface area contributed by atoms with E-state index in [9.17, 15) is 4.79 Å². The van der Waals surface area contributed by atoms with Crippen LogP contribution >= 0.6 is 12.4 Å². The summed E-state index contributed by atoms with van der Waals surface area (Å²) in [5, 5.41) is 3.46. The first-order valence-electron chi connectivity index (χ1n) is 6.21. The minimum Gasteiger partial charge on any atom is -0.339 e. The van der Waals surface area contributed by atoms with Gasteiger partial charge in [0.05, 0.1) is 0 Å². The Labute approximate surface area is 104 Å². The molecular weight excluding hydrogens is 224 g/mol. The average Bonchev–Trinajstić information content (AvgIpc) is 2.67. The van der Waals surface area contributed by atoms with E-state index in [0.717, 1.165) is 25.9 Å². The molecule has 1 N–H and O–H groups in total. The van der Waals surface area contributed by atoms with Crippen molar-refractivity contribution < 1.29 is 4.79 Å². The van der Waals surface area contributed by atoms with Crippen molar-refractivity contribution in [2.75, 3.05) is 13.1 Å². The number of nitrogens with zero attached hydrogens (tertiary/aromatic N) is 1. The van der Waals surface area contributed by atoms with Crippen molar-refractivity contribution in [1.29, 1.82) is 0 Å². The van der Waals surface area contributed by atoms with E-state index >= 15 is 0 Å². The number of hydrogen-bond acceptors (Lipinski definition) is 2. The highest BCUT2D eigenvalue weighted by Crippen LogP contribution is 2.27. The molecule has 1 aliphatic carbocycles. The Hall–Kier alpha value is -0.280. The molecule has 2 fully saturated rings. The highest BCUT2D eigenvalue weighted by molar-refractivity contribution is 5.85. The minimum atomic E-state index is 0. The molecule has 2 aliphatic rings. The Kier molecular flexibility index (Phi) is 5.06. The lowest BCUT2D eigenvalue weighted by Crippen LogP contribution is -2.56. The molecule has 1 saturated carbocycles. The van der Waals surface area contributed by atoms with Gasteiger partial charge in [-0.25, -0.2) is 0 Å². The summed E-state index contributed by atoms with van der Waals surface area (Å²) in [5.41, 5.74) is 0. The van der Waals surface area contributed by atoms with Crippen LogP contribution in [-0.4, -0.2) is 36.0 Å². The molecule has 3 nitrogen and oxygen atoms in total. The molecular formula is C12H23ClN2O. The van der Waals surface area contributed by atoms with E-state index in [4.69, 9.17) is 0 Å². The van der Waals surface area contributed by atoms with E-state index in [1.54, 1.807) is 0 Å². The first-order chi connectivity index (χ1) is 7.16. The fourth-order valence-electron chi connectivity index (χ4n) is 2.94. The first kappa shape index (κ1) is 13.8. The predicted molar refractivity (Wildman–Crippen MR) is 67.8 cm³/mol. The molecule has 16 heavy (non-hydrogen) atoms. The first-order valence-corrected chi connectivity index (χ1v) is 6.21. The molecule has 1 heterocycles. The number of hydrogen-bond donors (Lipinski definition) is 1. The van der Waals surface area contributed by atoms with E-state index in [-0.39, 0.29) is 12.4 Å². The SMILES string of the molecule is CC1CN(C(=O)C2CCCC2)CC(C)N1.Cl. The molecule has 1 saturated heterocycles. The molecule has 1 aliphatic heterocycles. The number of carbonyl (C=O) groups is 1. The highest BCUT2D eigenvalue weighted by Gasteiger charge is 2.31. The molecule has 2 rings (SSSR count). The lowest BCUT2D eigenvalue weighted by atomic mass is 10.0. The zero-order chi connectivity index (χ0) is 10.8. The topological polar surface area (TPSA) is 32.3 Å². The van der Waals surface area contributed by atoms with Crippen LogP contribution in [0.2, 0.25) is 0 Å². The molecule has 0 radical (unpaired) electrons. The summed E-state index contributed by atoms with van der Waals surface area (Å²) in [6.45, 7) is 6.09. The minimum absolute atomic E-state index is 0. The maximum absolute atomic E-state index is 12.2. The summed E-state index contributed by atoms with van der Waals surface area (Å²) in [6, 6.07) is 0.887. The number of carbonyl (C=O) groups excluding carboxylic acids is 1. The van der Waals surface area contributed by atoms with Gasteiger partial charge in [0.15, 0.2) is 0 Å². The van der Waals surface area contributed by atoms with E-state index in [0.29, 0.717) is 23.9 Å². The van der Waals surface area contributed by atoms with Gasteiger partial charge in [0.25, 0.3) is 0 Å². The van der Waals surface area contributed by atoms with Crippen molar-refractivity contribution >= 4 is 18.3 Å². The van der Waals surface area contributed by atoms with Gasteiger partial charge >= 0.3 is 0 Å². The van der Waals surface area contributed by atoms with Crippen molar-refractivity contribution in [3.63, 3.8) is 0 Å². The normalized spacial score (nSPS) is 31.2. The van der Waals surface area contributed by atoms with E-state index in [2.05, 4.69) is 24.1 Å². The van der Waals surface area contributed by atoms with Crippen molar-refractivity contribution in [2.45, 2.75) is 51.6 Å². The Balaban J connectivity index is 0.00000128. The van der Waals surface area contributed by atoms with E-state index < -0.39 is 0 Å². The number of rotatable bonds is 1. The summed E-state index contributed by atoms with van der Waals surface area (Å²) in [6.07, 6.45) is 4.72. The number of piperazine rings is 1. The maximum Gasteiger partial charge on any atom is 0.225 e. The molecule has 0 bridgehead atoms. The summed E-state index contributed by atoms with van der Waals surface area (Å²) in [5.74, 6) is 0.746. The quantitative estimate of drug-likeness (QED) is 0.766. The number of halogens is 1. The van der Waals surface area contributed by atoms with Crippen LogP contribution in [0.4, 0.5) is 0 Å². The predicted octanol–water partition coefficient (Wildman–Crippen LogP) is 1.81. The van der Waals surface area contributed by atoms with Crippen LogP contribution in [0.15, 0.2) is 0 Å². The van der Waals surface area contributed by atoms with Crippen molar-refractivity contribution in [3.8, 4) is 0 Å². The zero-order valence-electron chi connectivity index (χ0n) is 10.2. The summed E-state index contributed by atoms with van der Waals surface area (Å²) < 4.78 is 0. The number of amides is 1. The van der Waals surface area contributed by atoms with Gasteiger partial charge in [-0.1, -0.05) is 12.8 Å². The summed E-state index contributed by atoms with van der Waals surface area (Å²) in [7, 11) is 0. The number of nitrogens with one attached hydrogen (secondary N) is 1. The van der Waals surface area contributed by atoms with Crippen LogP contribution in [0.25, 0.3) is 0 Å². The van der Waals surface area contributed by atoms with Crippen LogP contribution in [0.3, 0.4) is 0 Å². The van der Waals surface area contributed by atoms with Gasteiger partial charge in [0.2, 0.25) is 5.91 Å². The molecule has 4 heteroatoms. The van der Waals surface area contributed by atoms with Gasteiger partial charge in [-0.05, 0) is 26.7 Å². The molecule has 0 aromatic rings. The van der Waals surface area contributed by atoms with Crippen LogP contribution in [0.5, 0.6) is 0 Å². The van der Waals surface area contributed by atoms with Gasteiger partial charge in [-0.2, -0.15) is 0 Å². The maximum atomic E-state index is 12.2. The Morgan fingerprint density at radius 3 is 2.12 bits per heavy atom.